The Morgan fingerprint density at radius 2 is 1.79 bits per heavy atom. The number of imidazole rings is 1. The highest BCUT2D eigenvalue weighted by atomic mass is 32.3. The number of hydrogen-bond donors (Lipinski definition) is 1. The van der Waals surface area contributed by atoms with Gasteiger partial charge in [0.05, 0.1) is 7.05 Å². The van der Waals surface area contributed by atoms with Crippen molar-refractivity contribution >= 4 is 27.5 Å². The number of fused-ring (bicyclic) bond motifs is 1. The second-order valence-electron chi connectivity index (χ2n) is 5.22. The van der Waals surface area contributed by atoms with Gasteiger partial charge >= 0.3 is 0 Å². The van der Waals surface area contributed by atoms with Crippen LogP contribution in [0.25, 0.3) is 17.1 Å². The van der Waals surface area contributed by atoms with Crippen molar-refractivity contribution in [1.82, 2.24) is 4.57 Å². The van der Waals surface area contributed by atoms with E-state index in [1.54, 1.807) is 0 Å². The van der Waals surface area contributed by atoms with Crippen LogP contribution in [0.5, 0.6) is 0 Å². The number of aromatic nitrogens is 2. The molecule has 7 heteroatoms. The maximum absolute atomic E-state index is 8.63. The molecule has 0 aliphatic heterocycles. The summed E-state index contributed by atoms with van der Waals surface area (Å²) in [6.07, 6.45) is 4.01. The minimum atomic E-state index is -4.92. The van der Waals surface area contributed by atoms with Crippen molar-refractivity contribution in [2.24, 2.45) is 7.05 Å². The number of aryl methyl sites for hydroxylation is 1. The zero-order valence-electron chi connectivity index (χ0n) is 13.2. The van der Waals surface area contributed by atoms with E-state index in [2.05, 4.69) is 77.6 Å². The smallest absolute Gasteiger partial charge is 0.244 e. The van der Waals surface area contributed by atoms with E-state index < -0.39 is 10.4 Å². The van der Waals surface area contributed by atoms with Crippen molar-refractivity contribution in [1.29, 1.82) is 0 Å². The van der Waals surface area contributed by atoms with E-state index in [4.69, 9.17) is 17.5 Å². The average molecular weight is 346 g/mol. The van der Waals surface area contributed by atoms with Gasteiger partial charge in [-0.15, -0.1) is 0 Å². The number of rotatable bonds is 3. The van der Waals surface area contributed by atoms with Gasteiger partial charge in [-0.1, -0.05) is 49.1 Å². The zero-order chi connectivity index (χ0) is 17.7. The zero-order valence-corrected chi connectivity index (χ0v) is 14.0. The highest BCUT2D eigenvalue weighted by molar-refractivity contribution is 7.79. The molecule has 1 N–H and O–H groups in total. The Hall–Kier alpha value is -2.48. The molecule has 24 heavy (non-hydrogen) atoms. The van der Waals surface area contributed by atoms with Crippen LogP contribution in [0, 0.1) is 0 Å². The minimum absolute atomic E-state index is 0.888. The molecule has 126 valence electrons. The summed E-state index contributed by atoms with van der Waals surface area (Å²) in [7, 11) is -2.83. The predicted octanol–water partition coefficient (Wildman–Crippen LogP) is 2.16. The van der Waals surface area contributed by atoms with Gasteiger partial charge in [0, 0.05) is 0 Å². The van der Waals surface area contributed by atoms with E-state index in [-0.39, 0.29) is 0 Å². The van der Waals surface area contributed by atoms with Crippen molar-refractivity contribution in [2.75, 3.05) is 0 Å². The van der Waals surface area contributed by atoms with E-state index in [1.807, 2.05) is 6.08 Å². The second-order valence-corrected chi connectivity index (χ2v) is 6.07. The molecule has 0 spiro atoms. The molecule has 2 aromatic carbocycles. The molecule has 0 unspecified atom stereocenters. The lowest BCUT2D eigenvalue weighted by Gasteiger charge is -2.00. The van der Waals surface area contributed by atoms with Crippen LogP contribution in [0.2, 0.25) is 0 Å². The molecule has 3 rings (SSSR count). The maximum Gasteiger partial charge on any atom is 0.244 e. The average Bonchev–Trinajstić information content (AvgIpc) is 2.83. The van der Waals surface area contributed by atoms with Crippen molar-refractivity contribution in [3.05, 3.63) is 72.6 Å². The summed E-state index contributed by atoms with van der Waals surface area (Å²) in [4.78, 5) is 0. The van der Waals surface area contributed by atoms with Crippen LogP contribution < -0.4 is 4.57 Å². The van der Waals surface area contributed by atoms with Crippen LogP contribution in [0.15, 0.2) is 61.4 Å². The quantitative estimate of drug-likeness (QED) is 0.447. The summed E-state index contributed by atoms with van der Waals surface area (Å²) in [5.41, 5.74) is 4.97. The third-order valence-electron chi connectivity index (χ3n) is 3.45. The Bertz CT molecular complexity index is 936. The third kappa shape index (κ3) is 5.02. The Morgan fingerprint density at radius 1 is 1.21 bits per heavy atom. The Labute approximate surface area is 140 Å². The van der Waals surface area contributed by atoms with E-state index >= 15 is 0 Å². The Kier molecular flexibility index (Phi) is 5.50. The first kappa shape index (κ1) is 17.9. The molecule has 6 nitrogen and oxygen atoms in total. The molecule has 0 atom stereocenters. The van der Waals surface area contributed by atoms with Gasteiger partial charge < -0.3 is 4.55 Å². The molecule has 0 fully saturated rings. The molecule has 0 saturated heterocycles. The maximum atomic E-state index is 8.63. The van der Waals surface area contributed by atoms with Crippen LogP contribution in [0.3, 0.4) is 0 Å². The molecule has 0 bridgehead atoms. The van der Waals surface area contributed by atoms with Crippen molar-refractivity contribution in [3.63, 3.8) is 0 Å². The Morgan fingerprint density at radius 3 is 2.38 bits per heavy atom. The van der Waals surface area contributed by atoms with Crippen LogP contribution in [-0.4, -0.2) is 22.1 Å². The standard InChI is InChI=1S/C17H17N2.H2O4S/c1-3-14-8-10-15(11-9-14)12-19-13-18(2)16-6-4-5-7-17(16)19;1-5(2,3)4/h3-11,13H,1,12H2,2H3;(H2,1,2,3,4)/q+1;/p-1. The number of para-hydroxylation sites is 2. The van der Waals surface area contributed by atoms with E-state index in [0.29, 0.717) is 0 Å². The summed E-state index contributed by atoms with van der Waals surface area (Å²) in [6, 6.07) is 17.0. The lowest BCUT2D eigenvalue weighted by molar-refractivity contribution is -0.645. The number of nitrogens with zero attached hydrogens (tertiary/aromatic N) is 2. The van der Waals surface area contributed by atoms with Gasteiger partial charge in [-0.25, -0.2) is 17.6 Å². The number of hydrogen-bond acceptors (Lipinski definition) is 3. The molecular weight excluding hydrogens is 328 g/mol. The first-order chi connectivity index (χ1) is 11.3. The summed E-state index contributed by atoms with van der Waals surface area (Å²) < 4.78 is 37.3. The Balaban J connectivity index is 0.000000368. The first-order valence-corrected chi connectivity index (χ1v) is 8.47. The lowest BCUT2D eigenvalue weighted by Crippen LogP contribution is -2.25. The van der Waals surface area contributed by atoms with Gasteiger partial charge in [0.2, 0.25) is 16.7 Å². The fourth-order valence-electron chi connectivity index (χ4n) is 2.42. The third-order valence-corrected chi connectivity index (χ3v) is 3.45. The van der Waals surface area contributed by atoms with Crippen molar-refractivity contribution in [2.45, 2.75) is 6.54 Å². The van der Waals surface area contributed by atoms with Crippen LogP contribution >= 0.6 is 0 Å². The van der Waals surface area contributed by atoms with Gasteiger partial charge in [0.15, 0.2) is 11.0 Å². The summed E-state index contributed by atoms with van der Waals surface area (Å²) in [6.45, 7) is 4.67. The summed E-state index contributed by atoms with van der Waals surface area (Å²) in [5, 5.41) is 0. The minimum Gasteiger partial charge on any atom is -0.726 e. The topological polar surface area (TPSA) is 86.2 Å². The molecule has 3 aromatic rings. The molecule has 0 aliphatic rings. The van der Waals surface area contributed by atoms with Crippen molar-refractivity contribution < 1.29 is 22.1 Å². The number of benzene rings is 2. The normalized spacial score (nSPS) is 11.0. The van der Waals surface area contributed by atoms with Crippen molar-refractivity contribution in [3.8, 4) is 0 Å². The van der Waals surface area contributed by atoms with Gasteiger partial charge in [0.25, 0.3) is 0 Å². The van der Waals surface area contributed by atoms with Gasteiger partial charge in [-0.05, 0) is 23.3 Å². The van der Waals surface area contributed by atoms with Gasteiger partial charge in [0.1, 0.15) is 6.54 Å². The lowest BCUT2D eigenvalue weighted by atomic mass is 10.1. The van der Waals surface area contributed by atoms with Gasteiger partial charge in [-0.2, -0.15) is 0 Å². The van der Waals surface area contributed by atoms with Crippen LogP contribution in [0.4, 0.5) is 0 Å². The molecule has 0 saturated carbocycles. The molecule has 0 amide bonds. The highest BCUT2D eigenvalue weighted by Gasteiger charge is 2.12. The van der Waals surface area contributed by atoms with E-state index in [0.717, 1.165) is 12.1 Å². The fourth-order valence-corrected chi connectivity index (χ4v) is 2.42. The van der Waals surface area contributed by atoms with Gasteiger partial charge in [-0.3, -0.25) is 4.55 Å². The molecule has 0 radical (unpaired) electrons. The largest absolute Gasteiger partial charge is 0.726 e. The van der Waals surface area contributed by atoms with E-state index in [9.17, 15) is 0 Å². The summed E-state index contributed by atoms with van der Waals surface area (Å²) in [5.74, 6) is 0. The van der Waals surface area contributed by atoms with Crippen LogP contribution in [-0.2, 0) is 24.0 Å². The monoisotopic (exact) mass is 346 g/mol. The fraction of sp³-hybridized carbons (Fsp3) is 0.118. The molecule has 0 aliphatic carbocycles. The second kappa shape index (κ2) is 7.39. The molecule has 1 heterocycles. The van der Waals surface area contributed by atoms with E-state index in [1.165, 1.54) is 16.6 Å². The SMILES string of the molecule is C=Cc1ccc(Cn2c[n+](C)c3ccccc32)cc1.O=S(=O)([O-])O. The highest BCUT2D eigenvalue weighted by Crippen LogP contribution is 2.13. The van der Waals surface area contributed by atoms with Crippen LogP contribution in [0.1, 0.15) is 11.1 Å². The summed E-state index contributed by atoms with van der Waals surface area (Å²) >= 11 is 0. The molecular formula is C17H18N2O4S. The first-order valence-electron chi connectivity index (χ1n) is 7.11. The predicted molar refractivity (Wildman–Crippen MR) is 91.1 cm³/mol. The molecule has 1 aromatic heterocycles.